The largest absolute Gasteiger partial charge is 0.472 e. The van der Waals surface area contributed by atoms with Gasteiger partial charge in [0, 0.05) is 19.3 Å². The van der Waals surface area contributed by atoms with E-state index >= 15 is 0 Å². The van der Waals surface area contributed by atoms with Gasteiger partial charge in [0.15, 0.2) is 6.10 Å². The molecule has 0 aliphatic rings. The third-order valence-corrected chi connectivity index (χ3v) is 14.0. The Morgan fingerprint density at radius 2 is 0.681 bits per heavy atom. The normalized spacial score (nSPS) is 13.6. The molecule has 422 valence electrons. The van der Waals surface area contributed by atoms with Crippen molar-refractivity contribution in [1.29, 1.82) is 0 Å². The zero-order valence-corrected chi connectivity index (χ0v) is 47.6. The molecule has 0 aliphatic heterocycles. The van der Waals surface area contributed by atoms with Crippen molar-refractivity contribution in [1.82, 2.24) is 0 Å². The van der Waals surface area contributed by atoms with Gasteiger partial charge in [0.25, 0.3) is 0 Å². The number of phosphoric ester groups is 1. The van der Waals surface area contributed by atoms with Gasteiger partial charge in [0.2, 0.25) is 0 Å². The zero-order valence-electron chi connectivity index (χ0n) is 46.7. The molecule has 0 saturated heterocycles. The number of aliphatic hydroxyl groups is 1. The van der Waals surface area contributed by atoms with Gasteiger partial charge in [-0.1, -0.05) is 250 Å². The van der Waals surface area contributed by atoms with Gasteiger partial charge in [-0.25, -0.2) is 4.57 Å². The summed E-state index contributed by atoms with van der Waals surface area (Å²) in [5.74, 6) is -1.46. The van der Waals surface area contributed by atoms with Crippen molar-refractivity contribution < 1.29 is 52.2 Å². The first-order chi connectivity index (χ1) is 35.2. The Hall–Kier alpha value is -2.30. The molecule has 3 atom stereocenters. The molecule has 0 fully saturated rings. The van der Waals surface area contributed by atoms with Crippen molar-refractivity contribution in [3.05, 3.63) is 36.5 Å². The molecule has 0 rings (SSSR count). The van der Waals surface area contributed by atoms with Crippen LogP contribution in [0.4, 0.5) is 0 Å². The summed E-state index contributed by atoms with van der Waals surface area (Å²) in [7, 11) is -4.74. The van der Waals surface area contributed by atoms with Gasteiger partial charge in [-0.2, -0.15) is 0 Å². The minimum atomic E-state index is -4.74. The van der Waals surface area contributed by atoms with Gasteiger partial charge in [0.05, 0.1) is 19.8 Å². The predicted octanol–water partition coefficient (Wildman–Crippen LogP) is 17.6. The highest BCUT2D eigenvalue weighted by atomic mass is 31.2. The number of carbonyl (C=O) groups is 3. The lowest BCUT2D eigenvalue weighted by Gasteiger charge is -2.21. The molecular formula is C60H111O11P. The molecule has 0 aromatic heterocycles. The number of phosphoric acid groups is 1. The lowest BCUT2D eigenvalue weighted by Crippen LogP contribution is -2.30. The van der Waals surface area contributed by atoms with E-state index in [1.165, 1.54) is 141 Å². The van der Waals surface area contributed by atoms with Crippen molar-refractivity contribution >= 4 is 25.7 Å². The number of unbranched alkanes of at least 4 members (excludes halogenated alkanes) is 33. The molecule has 3 unspecified atom stereocenters. The maximum absolute atomic E-state index is 12.9. The first-order valence-corrected chi connectivity index (χ1v) is 31.4. The Kier molecular flexibility index (Phi) is 53.2. The van der Waals surface area contributed by atoms with Crippen LogP contribution in [-0.2, 0) is 42.2 Å². The first-order valence-electron chi connectivity index (χ1n) is 29.9. The fourth-order valence-corrected chi connectivity index (χ4v) is 9.27. The van der Waals surface area contributed by atoms with Gasteiger partial charge in [-0.15, -0.1) is 0 Å². The molecule has 0 aromatic rings. The smallest absolute Gasteiger partial charge is 0.462 e. The summed E-state index contributed by atoms with van der Waals surface area (Å²) in [6, 6.07) is 0. The minimum Gasteiger partial charge on any atom is -0.462 e. The highest BCUT2D eigenvalue weighted by Crippen LogP contribution is 2.43. The van der Waals surface area contributed by atoms with Crippen molar-refractivity contribution in [2.45, 2.75) is 303 Å². The number of hydrogen-bond acceptors (Lipinski definition) is 10. The minimum absolute atomic E-state index is 0.157. The van der Waals surface area contributed by atoms with Crippen molar-refractivity contribution in [2.75, 3.05) is 26.4 Å². The molecule has 0 radical (unpaired) electrons. The van der Waals surface area contributed by atoms with E-state index in [-0.39, 0.29) is 25.9 Å². The molecule has 0 heterocycles. The van der Waals surface area contributed by atoms with E-state index in [9.17, 15) is 28.9 Å². The van der Waals surface area contributed by atoms with E-state index in [4.69, 9.17) is 23.3 Å². The lowest BCUT2D eigenvalue weighted by atomic mass is 10.0. The van der Waals surface area contributed by atoms with Crippen LogP contribution >= 0.6 is 7.82 Å². The van der Waals surface area contributed by atoms with Crippen LogP contribution in [0.3, 0.4) is 0 Å². The van der Waals surface area contributed by atoms with Crippen LogP contribution < -0.4 is 0 Å². The van der Waals surface area contributed by atoms with E-state index in [2.05, 4.69) is 57.2 Å². The highest BCUT2D eigenvalue weighted by molar-refractivity contribution is 7.47. The second kappa shape index (κ2) is 54.9. The molecular weight excluding hydrogens is 928 g/mol. The summed E-state index contributed by atoms with van der Waals surface area (Å²) in [6.45, 7) is 4.64. The highest BCUT2D eigenvalue weighted by Gasteiger charge is 2.28. The molecule has 0 aromatic carbocycles. The molecule has 0 bridgehead atoms. The topological polar surface area (TPSA) is 155 Å². The monoisotopic (exact) mass is 1040 g/mol. The van der Waals surface area contributed by atoms with E-state index in [1.807, 2.05) is 0 Å². The second-order valence-electron chi connectivity index (χ2n) is 20.2. The van der Waals surface area contributed by atoms with E-state index in [1.54, 1.807) is 0 Å². The number of ether oxygens (including phenoxy) is 3. The number of allylic oxidation sites excluding steroid dienone is 6. The Balaban J connectivity index is 4.71. The summed E-state index contributed by atoms with van der Waals surface area (Å²) in [4.78, 5) is 48.5. The van der Waals surface area contributed by atoms with Gasteiger partial charge < -0.3 is 24.2 Å². The second-order valence-corrected chi connectivity index (χ2v) is 21.6. The summed E-state index contributed by atoms with van der Waals surface area (Å²) in [6.07, 6.45) is 56.7. The molecule has 0 amide bonds. The van der Waals surface area contributed by atoms with Gasteiger partial charge in [-0.05, 0) is 57.8 Å². The molecule has 0 spiro atoms. The maximum atomic E-state index is 12.9. The van der Waals surface area contributed by atoms with E-state index in [0.29, 0.717) is 19.3 Å². The number of hydrogen-bond donors (Lipinski definition) is 2. The zero-order chi connectivity index (χ0) is 52.7. The molecule has 72 heavy (non-hydrogen) atoms. The number of carbonyl (C=O) groups excluding carboxylic acids is 3. The summed E-state index contributed by atoms with van der Waals surface area (Å²) >= 11 is 0. The first kappa shape index (κ1) is 69.7. The standard InChI is InChI=1S/C60H111O11P/c1-4-7-10-13-16-19-22-24-26-27-28-29-31-33-36-39-42-45-48-51-60(64)71-57(53-67-58(62)49-46-43-40-37-35-32-30-25-23-20-17-14-11-8-5-2)55-69-72(65,66)68-54-56(52-61)70-59(63)50-47-44-41-38-34-21-18-15-12-9-6-3/h16,19,24,26,28-29,56-57,61H,4-15,17-18,20-23,25,27,30-55H2,1-3H3,(H,65,66)/b19-16-,26-24-,29-28-. The fraction of sp³-hybridized carbons (Fsp3) is 0.850. The van der Waals surface area contributed by atoms with Crippen LogP contribution in [0.15, 0.2) is 36.5 Å². The number of rotatable bonds is 56. The lowest BCUT2D eigenvalue weighted by molar-refractivity contribution is -0.161. The van der Waals surface area contributed by atoms with Crippen LogP contribution in [0.2, 0.25) is 0 Å². The Bertz CT molecular complexity index is 1350. The Morgan fingerprint density at radius 1 is 0.389 bits per heavy atom. The van der Waals surface area contributed by atoms with Gasteiger partial charge >= 0.3 is 25.7 Å². The summed E-state index contributed by atoms with van der Waals surface area (Å²) < 4.78 is 39.5. The maximum Gasteiger partial charge on any atom is 0.472 e. The third-order valence-electron chi connectivity index (χ3n) is 13.1. The summed E-state index contributed by atoms with van der Waals surface area (Å²) in [5.41, 5.74) is 0. The van der Waals surface area contributed by atoms with Crippen LogP contribution in [0.25, 0.3) is 0 Å². The fourth-order valence-electron chi connectivity index (χ4n) is 8.48. The number of esters is 3. The molecule has 11 nitrogen and oxygen atoms in total. The van der Waals surface area contributed by atoms with Crippen molar-refractivity contribution in [3.63, 3.8) is 0 Å². The van der Waals surface area contributed by atoms with Gasteiger partial charge in [-0.3, -0.25) is 23.4 Å². The van der Waals surface area contributed by atoms with E-state index < -0.39 is 57.8 Å². The molecule has 0 aliphatic carbocycles. The van der Waals surface area contributed by atoms with Crippen LogP contribution in [-0.4, -0.2) is 66.5 Å². The van der Waals surface area contributed by atoms with Crippen LogP contribution in [0, 0.1) is 0 Å². The molecule has 12 heteroatoms. The molecule has 0 saturated carbocycles. The van der Waals surface area contributed by atoms with Crippen LogP contribution in [0.1, 0.15) is 290 Å². The summed E-state index contributed by atoms with van der Waals surface area (Å²) in [5, 5.41) is 9.80. The SMILES string of the molecule is CCCCC/C=C\C/C=C\C/C=C\CCCCCCCCC(=O)OC(COC(=O)CCCCCCCCCCCCCCCCC)COP(=O)(O)OCC(CO)OC(=O)CCCCCCCCCCCCC. The quantitative estimate of drug-likeness (QED) is 0.0197. The predicted molar refractivity (Wildman–Crippen MR) is 298 cm³/mol. The van der Waals surface area contributed by atoms with Crippen molar-refractivity contribution in [3.8, 4) is 0 Å². The van der Waals surface area contributed by atoms with E-state index in [0.717, 1.165) is 89.9 Å². The van der Waals surface area contributed by atoms with Crippen LogP contribution in [0.5, 0.6) is 0 Å². The van der Waals surface area contributed by atoms with Crippen molar-refractivity contribution in [2.24, 2.45) is 0 Å². The third kappa shape index (κ3) is 52.6. The Labute approximate surface area is 441 Å². The number of aliphatic hydroxyl groups excluding tert-OH is 1. The van der Waals surface area contributed by atoms with Gasteiger partial charge in [0.1, 0.15) is 12.7 Å². The average Bonchev–Trinajstić information content (AvgIpc) is 3.37. The molecule has 2 N–H and O–H groups in total. The average molecular weight is 1040 g/mol. The Morgan fingerprint density at radius 3 is 1.07 bits per heavy atom.